The number of aliphatic hydroxyl groups is 1. The van der Waals surface area contributed by atoms with Crippen LogP contribution in [0.2, 0.25) is 0 Å². The molecule has 0 bridgehead atoms. The fourth-order valence-corrected chi connectivity index (χ4v) is 3.72. The molecule has 168 valence electrons. The van der Waals surface area contributed by atoms with Gasteiger partial charge in [-0.05, 0) is 37.6 Å². The Balaban J connectivity index is 1.41. The lowest BCUT2D eigenvalue weighted by atomic mass is 10.1. The average Bonchev–Trinajstić information content (AvgIpc) is 2.79. The largest absolute Gasteiger partial charge is 0.493 e. The van der Waals surface area contributed by atoms with Crippen molar-refractivity contribution in [3.05, 3.63) is 54.1 Å². The number of methoxy groups -OCH3 is 1. The summed E-state index contributed by atoms with van der Waals surface area (Å²) < 4.78 is 11.0. The van der Waals surface area contributed by atoms with E-state index in [-0.39, 0.29) is 18.6 Å². The van der Waals surface area contributed by atoms with Crippen LogP contribution in [0.15, 0.2) is 48.5 Å². The second-order valence-electron chi connectivity index (χ2n) is 7.93. The number of nitrogens with one attached hydrogen (secondary N) is 1. The zero-order valence-electron chi connectivity index (χ0n) is 18.6. The Morgan fingerprint density at radius 1 is 1.06 bits per heavy atom. The topological polar surface area (TPSA) is 74.3 Å². The van der Waals surface area contributed by atoms with Gasteiger partial charge in [0.05, 0.1) is 13.2 Å². The Morgan fingerprint density at radius 2 is 1.71 bits per heavy atom. The third-order valence-corrected chi connectivity index (χ3v) is 5.71. The molecule has 2 aromatic rings. The Morgan fingerprint density at radius 3 is 2.39 bits per heavy atom. The van der Waals surface area contributed by atoms with E-state index in [1.807, 2.05) is 62.4 Å². The highest BCUT2D eigenvalue weighted by atomic mass is 16.5. The standard InChI is InChI=1S/C24H33N3O4/c1-18-8-4-5-9-21(18)25-24(29)19(2)27-14-12-26(13-15-27)16-20(28)17-31-23-11-7-6-10-22(23)30-3/h4-11,19-20,28H,12-17H2,1-3H3,(H,25,29). The van der Waals surface area contributed by atoms with Crippen LogP contribution in [0.3, 0.4) is 0 Å². The van der Waals surface area contributed by atoms with Crippen LogP contribution < -0.4 is 14.8 Å². The van der Waals surface area contributed by atoms with E-state index in [1.54, 1.807) is 7.11 Å². The molecule has 31 heavy (non-hydrogen) atoms. The molecule has 3 rings (SSSR count). The van der Waals surface area contributed by atoms with Gasteiger partial charge in [0.25, 0.3) is 0 Å². The molecule has 2 unspecified atom stereocenters. The lowest BCUT2D eigenvalue weighted by molar-refractivity contribution is -0.121. The SMILES string of the molecule is COc1ccccc1OCC(O)CN1CCN(C(C)C(=O)Nc2ccccc2C)CC1. The van der Waals surface area contributed by atoms with Gasteiger partial charge in [-0.2, -0.15) is 0 Å². The van der Waals surface area contributed by atoms with Crippen molar-refractivity contribution >= 4 is 11.6 Å². The van der Waals surface area contributed by atoms with Crippen LogP contribution in [0.25, 0.3) is 0 Å². The van der Waals surface area contributed by atoms with Gasteiger partial charge in [-0.25, -0.2) is 0 Å². The molecule has 1 aliphatic rings. The quantitative estimate of drug-likeness (QED) is 0.640. The van der Waals surface area contributed by atoms with Gasteiger partial charge in [0, 0.05) is 38.4 Å². The number of anilines is 1. The van der Waals surface area contributed by atoms with Gasteiger partial charge < -0.3 is 19.9 Å². The number of aliphatic hydroxyl groups excluding tert-OH is 1. The van der Waals surface area contributed by atoms with Crippen molar-refractivity contribution in [1.82, 2.24) is 9.80 Å². The van der Waals surface area contributed by atoms with Crippen molar-refractivity contribution in [2.45, 2.75) is 26.0 Å². The first-order valence-corrected chi connectivity index (χ1v) is 10.7. The number of benzene rings is 2. The lowest BCUT2D eigenvalue weighted by Gasteiger charge is -2.38. The monoisotopic (exact) mass is 427 g/mol. The number of aryl methyl sites for hydroxylation is 1. The summed E-state index contributed by atoms with van der Waals surface area (Å²) in [5, 5.41) is 13.4. The molecule has 2 aromatic carbocycles. The fourth-order valence-electron chi connectivity index (χ4n) is 3.72. The van der Waals surface area contributed by atoms with E-state index >= 15 is 0 Å². The number of carbonyl (C=O) groups excluding carboxylic acids is 1. The molecule has 0 spiro atoms. The summed E-state index contributed by atoms with van der Waals surface area (Å²) in [5.74, 6) is 1.29. The number of hydrogen-bond donors (Lipinski definition) is 2. The molecule has 2 N–H and O–H groups in total. The van der Waals surface area contributed by atoms with E-state index in [4.69, 9.17) is 9.47 Å². The van der Waals surface area contributed by atoms with E-state index in [0.717, 1.165) is 37.4 Å². The maximum absolute atomic E-state index is 12.7. The van der Waals surface area contributed by atoms with Crippen molar-refractivity contribution in [2.75, 3.05) is 51.8 Å². The van der Waals surface area contributed by atoms with Gasteiger partial charge in [0.15, 0.2) is 11.5 Å². The first kappa shape index (κ1) is 23.1. The lowest BCUT2D eigenvalue weighted by Crippen LogP contribution is -2.54. The molecule has 7 nitrogen and oxygen atoms in total. The maximum atomic E-state index is 12.7. The third kappa shape index (κ3) is 6.43. The molecule has 1 aliphatic heterocycles. The molecule has 1 amide bonds. The fraction of sp³-hybridized carbons (Fsp3) is 0.458. The number of hydrogen-bond acceptors (Lipinski definition) is 6. The summed E-state index contributed by atoms with van der Waals surface area (Å²) in [7, 11) is 1.60. The molecular formula is C24H33N3O4. The van der Waals surface area contributed by atoms with Crippen LogP contribution in [0, 0.1) is 6.92 Å². The molecule has 1 fully saturated rings. The highest BCUT2D eigenvalue weighted by molar-refractivity contribution is 5.95. The van der Waals surface area contributed by atoms with Gasteiger partial charge in [-0.1, -0.05) is 30.3 Å². The minimum absolute atomic E-state index is 0.00740. The number of nitrogens with zero attached hydrogens (tertiary/aromatic N) is 2. The molecule has 1 saturated heterocycles. The molecular weight excluding hydrogens is 394 g/mol. The predicted octanol–water partition coefficient (Wildman–Crippen LogP) is 2.39. The van der Waals surface area contributed by atoms with Crippen LogP contribution in [-0.4, -0.2) is 79.4 Å². The Kier molecular flexibility index (Phi) is 8.28. The van der Waals surface area contributed by atoms with E-state index in [2.05, 4.69) is 15.1 Å². The first-order chi connectivity index (χ1) is 15.0. The summed E-state index contributed by atoms with van der Waals surface area (Å²) in [6, 6.07) is 15.0. The van der Waals surface area contributed by atoms with Crippen molar-refractivity contribution in [2.24, 2.45) is 0 Å². The number of piperazine rings is 1. The van der Waals surface area contributed by atoms with Crippen molar-refractivity contribution in [3.8, 4) is 11.5 Å². The minimum atomic E-state index is -0.599. The van der Waals surface area contributed by atoms with Crippen LogP contribution in [-0.2, 0) is 4.79 Å². The Bertz CT molecular complexity index is 852. The molecule has 0 saturated carbocycles. The second kappa shape index (κ2) is 11.1. The van der Waals surface area contributed by atoms with Crippen LogP contribution >= 0.6 is 0 Å². The number of ether oxygens (including phenoxy) is 2. The normalized spacial score (nSPS) is 17.0. The van der Waals surface area contributed by atoms with E-state index in [9.17, 15) is 9.90 Å². The van der Waals surface area contributed by atoms with Crippen LogP contribution in [0.4, 0.5) is 5.69 Å². The number of rotatable bonds is 9. The molecule has 0 aromatic heterocycles. The highest BCUT2D eigenvalue weighted by Gasteiger charge is 2.26. The van der Waals surface area contributed by atoms with Crippen molar-refractivity contribution in [1.29, 1.82) is 0 Å². The van der Waals surface area contributed by atoms with Crippen molar-refractivity contribution < 1.29 is 19.4 Å². The van der Waals surface area contributed by atoms with Crippen LogP contribution in [0.5, 0.6) is 11.5 Å². The molecule has 7 heteroatoms. The second-order valence-corrected chi connectivity index (χ2v) is 7.93. The maximum Gasteiger partial charge on any atom is 0.241 e. The number of amides is 1. The number of para-hydroxylation sites is 3. The smallest absolute Gasteiger partial charge is 0.241 e. The van der Waals surface area contributed by atoms with Gasteiger partial charge in [0.1, 0.15) is 12.7 Å². The third-order valence-electron chi connectivity index (χ3n) is 5.71. The van der Waals surface area contributed by atoms with Gasteiger partial charge in [0.2, 0.25) is 5.91 Å². The molecule has 0 aliphatic carbocycles. The predicted molar refractivity (Wildman–Crippen MR) is 122 cm³/mol. The summed E-state index contributed by atoms with van der Waals surface area (Å²) in [4.78, 5) is 17.1. The number of β-amino-alcohol motifs (C(OH)–C–C–N with tert-alkyl or cyclic N) is 1. The molecule has 0 radical (unpaired) electrons. The average molecular weight is 428 g/mol. The minimum Gasteiger partial charge on any atom is -0.493 e. The Hall–Kier alpha value is -2.61. The summed E-state index contributed by atoms with van der Waals surface area (Å²) in [6.07, 6.45) is -0.599. The van der Waals surface area contributed by atoms with E-state index in [1.165, 1.54) is 0 Å². The van der Waals surface area contributed by atoms with Gasteiger partial charge in [-0.15, -0.1) is 0 Å². The van der Waals surface area contributed by atoms with Gasteiger partial charge in [-0.3, -0.25) is 14.6 Å². The molecule has 1 heterocycles. The zero-order chi connectivity index (χ0) is 22.2. The number of carbonyl (C=O) groups is 1. The van der Waals surface area contributed by atoms with Gasteiger partial charge >= 0.3 is 0 Å². The zero-order valence-corrected chi connectivity index (χ0v) is 18.6. The Labute approximate surface area is 184 Å². The first-order valence-electron chi connectivity index (χ1n) is 10.7. The van der Waals surface area contributed by atoms with Crippen molar-refractivity contribution in [3.63, 3.8) is 0 Å². The van der Waals surface area contributed by atoms with E-state index < -0.39 is 6.10 Å². The summed E-state index contributed by atoms with van der Waals surface area (Å²) in [6.45, 7) is 7.83. The summed E-state index contributed by atoms with van der Waals surface area (Å²) in [5.41, 5.74) is 1.91. The highest BCUT2D eigenvalue weighted by Crippen LogP contribution is 2.25. The summed E-state index contributed by atoms with van der Waals surface area (Å²) >= 11 is 0. The molecule has 2 atom stereocenters. The van der Waals surface area contributed by atoms with E-state index in [0.29, 0.717) is 18.0 Å². The van der Waals surface area contributed by atoms with Crippen LogP contribution in [0.1, 0.15) is 12.5 Å².